The predicted octanol–water partition coefficient (Wildman–Crippen LogP) is 4.64. The summed E-state index contributed by atoms with van der Waals surface area (Å²) in [7, 11) is 0. The molecule has 182 valence electrons. The molecule has 0 spiro atoms. The van der Waals surface area contributed by atoms with Crippen LogP contribution in [0.3, 0.4) is 0 Å². The predicted molar refractivity (Wildman–Crippen MR) is 137 cm³/mol. The minimum atomic E-state index is -0.811. The average molecular weight is 504 g/mol. The van der Waals surface area contributed by atoms with Gasteiger partial charge in [0.1, 0.15) is 11.3 Å². The topological polar surface area (TPSA) is 105 Å². The van der Waals surface area contributed by atoms with Gasteiger partial charge >= 0.3 is 6.03 Å². The summed E-state index contributed by atoms with van der Waals surface area (Å²) < 4.78 is 5.56. The Kier molecular flexibility index (Phi) is 7.17. The number of nitrogens with zero attached hydrogens (tertiary/aromatic N) is 1. The Labute approximate surface area is 212 Å². The molecule has 5 amide bonds. The third-order valence-corrected chi connectivity index (χ3v) is 5.77. The van der Waals surface area contributed by atoms with E-state index in [0.717, 1.165) is 16.0 Å². The van der Waals surface area contributed by atoms with Gasteiger partial charge in [0, 0.05) is 10.7 Å². The van der Waals surface area contributed by atoms with Gasteiger partial charge in [-0.3, -0.25) is 19.7 Å². The number of anilines is 2. The van der Waals surface area contributed by atoms with Crippen LogP contribution in [0, 0.1) is 13.8 Å². The molecular formula is C27H22ClN3O5. The van der Waals surface area contributed by atoms with Crippen LogP contribution in [0.4, 0.5) is 16.2 Å². The zero-order valence-electron chi connectivity index (χ0n) is 19.5. The van der Waals surface area contributed by atoms with E-state index in [1.165, 1.54) is 6.08 Å². The molecule has 0 radical (unpaired) electrons. The van der Waals surface area contributed by atoms with Gasteiger partial charge in [0.15, 0.2) is 6.61 Å². The van der Waals surface area contributed by atoms with Crippen molar-refractivity contribution in [2.75, 3.05) is 16.8 Å². The number of imide groups is 2. The number of amides is 5. The Morgan fingerprint density at radius 2 is 1.75 bits per heavy atom. The molecule has 1 saturated heterocycles. The quantitative estimate of drug-likeness (QED) is 0.376. The Morgan fingerprint density at radius 1 is 1.00 bits per heavy atom. The van der Waals surface area contributed by atoms with Crippen molar-refractivity contribution in [1.29, 1.82) is 0 Å². The number of barbiturate groups is 1. The lowest BCUT2D eigenvalue weighted by Crippen LogP contribution is -2.54. The van der Waals surface area contributed by atoms with Crippen molar-refractivity contribution in [3.8, 4) is 5.75 Å². The first kappa shape index (κ1) is 24.7. The molecule has 0 aliphatic carbocycles. The lowest BCUT2D eigenvalue weighted by Gasteiger charge is -2.26. The van der Waals surface area contributed by atoms with Gasteiger partial charge in [-0.1, -0.05) is 29.8 Å². The number of ether oxygens (including phenoxy) is 1. The zero-order valence-corrected chi connectivity index (χ0v) is 20.3. The maximum Gasteiger partial charge on any atom is 0.335 e. The fourth-order valence-electron chi connectivity index (χ4n) is 3.50. The molecule has 0 saturated carbocycles. The number of hydrogen-bond acceptors (Lipinski definition) is 5. The molecule has 4 rings (SSSR count). The van der Waals surface area contributed by atoms with E-state index in [1.807, 2.05) is 13.8 Å². The minimum Gasteiger partial charge on any atom is -0.484 e. The van der Waals surface area contributed by atoms with Crippen molar-refractivity contribution < 1.29 is 23.9 Å². The van der Waals surface area contributed by atoms with Gasteiger partial charge in [-0.15, -0.1) is 0 Å². The molecule has 0 unspecified atom stereocenters. The Bertz CT molecular complexity index is 1400. The van der Waals surface area contributed by atoms with E-state index < -0.39 is 17.8 Å². The molecule has 3 aromatic rings. The lowest BCUT2D eigenvalue weighted by molar-refractivity contribution is -0.122. The van der Waals surface area contributed by atoms with Crippen molar-refractivity contribution in [3.05, 3.63) is 94.0 Å². The first-order chi connectivity index (χ1) is 17.2. The molecule has 0 bridgehead atoms. The van der Waals surface area contributed by atoms with Crippen LogP contribution in [0.25, 0.3) is 6.08 Å². The number of nitrogens with one attached hydrogen (secondary N) is 2. The fraction of sp³-hybridized carbons (Fsp3) is 0.111. The second kappa shape index (κ2) is 10.5. The molecule has 1 heterocycles. The summed E-state index contributed by atoms with van der Waals surface area (Å²) in [6, 6.07) is 17.6. The highest BCUT2D eigenvalue weighted by atomic mass is 35.5. The van der Waals surface area contributed by atoms with Gasteiger partial charge in [-0.25, -0.2) is 9.69 Å². The number of carbonyl (C=O) groups excluding carboxylic acids is 4. The van der Waals surface area contributed by atoms with Gasteiger partial charge in [-0.05, 0) is 85.1 Å². The normalized spacial score (nSPS) is 14.6. The molecule has 8 nitrogen and oxygen atoms in total. The minimum absolute atomic E-state index is 0.203. The molecule has 9 heteroatoms. The number of hydrogen-bond donors (Lipinski definition) is 2. The second-order valence-electron chi connectivity index (χ2n) is 8.14. The van der Waals surface area contributed by atoms with Crippen LogP contribution in [-0.4, -0.2) is 30.4 Å². The van der Waals surface area contributed by atoms with Crippen molar-refractivity contribution in [2.45, 2.75) is 13.8 Å². The fourth-order valence-corrected chi connectivity index (χ4v) is 3.62. The summed E-state index contributed by atoms with van der Waals surface area (Å²) >= 11 is 5.84. The van der Waals surface area contributed by atoms with Gasteiger partial charge in [0.2, 0.25) is 0 Å². The number of aryl methyl sites for hydroxylation is 2. The Balaban J connectivity index is 1.49. The molecule has 1 fully saturated rings. The molecule has 1 aliphatic heterocycles. The molecule has 3 aromatic carbocycles. The van der Waals surface area contributed by atoms with E-state index in [4.69, 9.17) is 16.3 Å². The van der Waals surface area contributed by atoms with Crippen LogP contribution >= 0.6 is 11.6 Å². The number of urea groups is 1. The van der Waals surface area contributed by atoms with E-state index >= 15 is 0 Å². The van der Waals surface area contributed by atoms with Crippen LogP contribution < -0.4 is 20.3 Å². The summed E-state index contributed by atoms with van der Waals surface area (Å²) in [6.07, 6.45) is 1.37. The maximum atomic E-state index is 13.1. The van der Waals surface area contributed by atoms with Crippen molar-refractivity contribution in [1.82, 2.24) is 5.32 Å². The van der Waals surface area contributed by atoms with E-state index in [-0.39, 0.29) is 18.1 Å². The largest absolute Gasteiger partial charge is 0.484 e. The van der Waals surface area contributed by atoms with Crippen LogP contribution in [0.2, 0.25) is 5.02 Å². The van der Waals surface area contributed by atoms with E-state index in [2.05, 4.69) is 10.6 Å². The molecular weight excluding hydrogens is 482 g/mol. The molecule has 2 N–H and O–H groups in total. The number of rotatable bonds is 6. The number of carbonyl (C=O) groups is 4. The molecule has 1 aliphatic rings. The smallest absolute Gasteiger partial charge is 0.335 e. The average Bonchev–Trinajstić information content (AvgIpc) is 2.84. The van der Waals surface area contributed by atoms with Gasteiger partial charge < -0.3 is 10.1 Å². The first-order valence-corrected chi connectivity index (χ1v) is 11.4. The Hall–Kier alpha value is -4.43. The van der Waals surface area contributed by atoms with Crippen LogP contribution in [0.1, 0.15) is 16.7 Å². The summed E-state index contributed by atoms with van der Waals surface area (Å²) in [6.45, 7) is 3.54. The van der Waals surface area contributed by atoms with Crippen LogP contribution in [0.5, 0.6) is 5.75 Å². The van der Waals surface area contributed by atoms with Crippen molar-refractivity contribution >= 4 is 52.8 Å². The Morgan fingerprint density at radius 3 is 2.47 bits per heavy atom. The SMILES string of the molecule is Cc1ccc(N2C(=O)NC(=O)/C(=C/c3cccc(OCC(=O)Nc4ccc(Cl)cc4)c3)C2=O)cc1C. The third kappa shape index (κ3) is 5.61. The van der Waals surface area contributed by atoms with Crippen LogP contribution in [-0.2, 0) is 14.4 Å². The van der Waals surface area contributed by atoms with E-state index in [9.17, 15) is 19.2 Å². The summed E-state index contributed by atoms with van der Waals surface area (Å²) in [5.74, 6) is -1.54. The van der Waals surface area contributed by atoms with Crippen molar-refractivity contribution in [2.24, 2.45) is 0 Å². The third-order valence-electron chi connectivity index (χ3n) is 5.52. The number of benzene rings is 3. The highest BCUT2D eigenvalue weighted by Gasteiger charge is 2.36. The molecule has 0 aromatic heterocycles. The maximum absolute atomic E-state index is 13.1. The van der Waals surface area contributed by atoms with E-state index in [0.29, 0.717) is 27.7 Å². The molecule has 0 atom stereocenters. The van der Waals surface area contributed by atoms with Gasteiger partial charge in [-0.2, -0.15) is 0 Å². The van der Waals surface area contributed by atoms with Gasteiger partial charge in [0.25, 0.3) is 17.7 Å². The monoisotopic (exact) mass is 503 g/mol. The standard InChI is InChI=1S/C27H22ClN3O5/c1-16-6-11-21(12-17(16)2)31-26(34)23(25(33)30-27(31)35)14-18-4-3-5-22(13-18)36-15-24(32)29-20-9-7-19(28)8-10-20/h3-14H,15H2,1-2H3,(H,29,32)(H,30,33,35)/b23-14-. The van der Waals surface area contributed by atoms with Gasteiger partial charge in [0.05, 0.1) is 5.69 Å². The highest BCUT2D eigenvalue weighted by Crippen LogP contribution is 2.25. The van der Waals surface area contributed by atoms with Crippen molar-refractivity contribution in [3.63, 3.8) is 0 Å². The summed E-state index contributed by atoms with van der Waals surface area (Å²) in [5, 5.41) is 5.46. The zero-order chi connectivity index (χ0) is 25.8. The molecule has 36 heavy (non-hydrogen) atoms. The number of halogens is 1. The van der Waals surface area contributed by atoms with Crippen LogP contribution in [0.15, 0.2) is 72.3 Å². The highest BCUT2D eigenvalue weighted by molar-refractivity contribution is 6.39. The van der Waals surface area contributed by atoms with E-state index in [1.54, 1.807) is 66.7 Å². The first-order valence-electron chi connectivity index (χ1n) is 11.0. The second-order valence-corrected chi connectivity index (χ2v) is 8.58. The lowest BCUT2D eigenvalue weighted by atomic mass is 10.0. The summed E-state index contributed by atoms with van der Waals surface area (Å²) in [5.41, 5.74) is 3.14. The summed E-state index contributed by atoms with van der Waals surface area (Å²) in [4.78, 5) is 51.2.